The number of hydrogen-bond donors (Lipinski definition) is 2. The summed E-state index contributed by atoms with van der Waals surface area (Å²) in [6, 6.07) is 2.08. The van der Waals surface area contributed by atoms with E-state index in [9.17, 15) is 19.5 Å². The van der Waals surface area contributed by atoms with E-state index >= 15 is 0 Å². The van der Waals surface area contributed by atoms with Crippen molar-refractivity contribution in [2.45, 2.75) is 51.5 Å². The summed E-state index contributed by atoms with van der Waals surface area (Å²) < 4.78 is 10.4. The van der Waals surface area contributed by atoms with Gasteiger partial charge in [-0.15, -0.1) is 0 Å². The molecule has 1 aromatic rings. The summed E-state index contributed by atoms with van der Waals surface area (Å²) in [7, 11) is 2.80. The molecule has 0 unspecified atom stereocenters. The van der Waals surface area contributed by atoms with Crippen LogP contribution in [0.1, 0.15) is 51.0 Å². The normalized spacial score (nSPS) is 32.8. The molecule has 0 radical (unpaired) electrons. The van der Waals surface area contributed by atoms with Crippen molar-refractivity contribution in [1.29, 1.82) is 0 Å². The second kappa shape index (κ2) is 7.78. The number of ether oxygens (including phenoxy) is 2. The van der Waals surface area contributed by atoms with Gasteiger partial charge < -0.3 is 14.6 Å². The predicted molar refractivity (Wildman–Crippen MR) is 120 cm³/mol. The highest BCUT2D eigenvalue weighted by Crippen LogP contribution is 2.62. The summed E-state index contributed by atoms with van der Waals surface area (Å²) in [5, 5.41) is 12.5. The molecule has 1 saturated heterocycles. The summed E-state index contributed by atoms with van der Waals surface area (Å²) in [4.78, 5) is 40.3. The average molecular weight is 455 g/mol. The molecule has 176 valence electrons. The number of urea groups is 1. The first-order valence-corrected chi connectivity index (χ1v) is 11.6. The molecular formula is C25H30N2O6. The zero-order valence-electron chi connectivity index (χ0n) is 19.2. The number of carbonyl (C=O) groups excluding carboxylic acids is 3. The van der Waals surface area contributed by atoms with Crippen molar-refractivity contribution in [3.63, 3.8) is 0 Å². The highest BCUT2D eigenvalue weighted by Gasteiger charge is 2.56. The van der Waals surface area contributed by atoms with Crippen molar-refractivity contribution in [2.24, 2.45) is 23.2 Å². The fourth-order valence-corrected chi connectivity index (χ4v) is 7.15. The van der Waals surface area contributed by atoms with Gasteiger partial charge in [0.25, 0.3) is 11.8 Å². The summed E-state index contributed by atoms with van der Waals surface area (Å²) >= 11 is 0. The van der Waals surface area contributed by atoms with Crippen molar-refractivity contribution >= 4 is 23.9 Å². The highest BCUT2D eigenvalue weighted by molar-refractivity contribution is 6.31. The van der Waals surface area contributed by atoms with E-state index < -0.39 is 17.8 Å². The number of imide groups is 2. The van der Waals surface area contributed by atoms with Gasteiger partial charge in [0.1, 0.15) is 5.57 Å². The number of phenolic OH excluding ortho intramolecular Hbond substituents is 1. The molecule has 33 heavy (non-hydrogen) atoms. The van der Waals surface area contributed by atoms with Gasteiger partial charge in [0, 0.05) is 6.04 Å². The van der Waals surface area contributed by atoms with Gasteiger partial charge >= 0.3 is 6.03 Å². The molecule has 4 saturated carbocycles. The molecule has 6 rings (SSSR count). The van der Waals surface area contributed by atoms with Gasteiger partial charge in [-0.25, -0.2) is 4.79 Å². The third-order valence-electron chi connectivity index (χ3n) is 8.31. The molecule has 1 aromatic carbocycles. The minimum atomic E-state index is -0.732. The van der Waals surface area contributed by atoms with Gasteiger partial charge in [-0.2, -0.15) is 0 Å². The Morgan fingerprint density at radius 2 is 1.55 bits per heavy atom. The SMILES string of the molecule is COc1cc(/C=C2\C(=O)NC(=O)N([C@H](C)C34CC5CC(CC(C5)C3)C4)C2=O)cc(OC)c1O. The summed E-state index contributed by atoms with van der Waals surface area (Å²) in [6.07, 6.45) is 8.32. The minimum absolute atomic E-state index is 0.0712. The Morgan fingerprint density at radius 1 is 1.03 bits per heavy atom. The van der Waals surface area contributed by atoms with E-state index in [1.54, 1.807) is 0 Å². The lowest BCUT2D eigenvalue weighted by Gasteiger charge is -2.60. The van der Waals surface area contributed by atoms with Crippen molar-refractivity contribution < 1.29 is 29.0 Å². The molecule has 1 atom stereocenters. The quantitative estimate of drug-likeness (QED) is 0.521. The zero-order valence-corrected chi connectivity index (χ0v) is 19.2. The Morgan fingerprint density at radius 3 is 2.03 bits per heavy atom. The summed E-state index contributed by atoms with van der Waals surface area (Å²) in [6.45, 7) is 1.96. The van der Waals surface area contributed by atoms with E-state index in [1.807, 2.05) is 6.92 Å². The van der Waals surface area contributed by atoms with Crippen LogP contribution < -0.4 is 14.8 Å². The van der Waals surface area contributed by atoms with E-state index in [0.717, 1.165) is 19.3 Å². The van der Waals surface area contributed by atoms with Crippen molar-refractivity contribution in [2.75, 3.05) is 14.2 Å². The molecule has 2 N–H and O–H groups in total. The van der Waals surface area contributed by atoms with E-state index in [0.29, 0.717) is 23.3 Å². The van der Waals surface area contributed by atoms with E-state index in [-0.39, 0.29) is 34.3 Å². The summed E-state index contributed by atoms with van der Waals surface area (Å²) in [5.74, 6) is 0.844. The van der Waals surface area contributed by atoms with Gasteiger partial charge in [-0.05, 0) is 92.4 Å². The van der Waals surface area contributed by atoms with Gasteiger partial charge in [0.2, 0.25) is 5.75 Å². The number of rotatable bonds is 5. The monoisotopic (exact) mass is 454 g/mol. The maximum Gasteiger partial charge on any atom is 0.331 e. The number of methoxy groups -OCH3 is 2. The van der Waals surface area contributed by atoms with Crippen LogP contribution in [-0.2, 0) is 9.59 Å². The van der Waals surface area contributed by atoms with Crippen LogP contribution in [0.2, 0.25) is 0 Å². The second-order valence-corrected chi connectivity index (χ2v) is 10.2. The van der Waals surface area contributed by atoms with Crippen molar-refractivity contribution in [3.05, 3.63) is 23.3 Å². The standard InChI is InChI=1S/C25H30N2O6/c1-13(25-10-15-4-16(11-25)6-17(5-15)12-25)27-23(30)18(22(29)26-24(27)31)7-14-8-19(32-2)21(28)20(9-14)33-3/h7-9,13,15-17,28H,4-6,10-12H2,1-3H3,(H,26,29,31)/b18-7+/t13-,15?,16?,17?,25?/m1/s1. The van der Waals surface area contributed by atoms with E-state index in [1.165, 1.54) is 56.6 Å². The average Bonchev–Trinajstić information content (AvgIpc) is 2.76. The smallest absolute Gasteiger partial charge is 0.331 e. The van der Waals surface area contributed by atoms with Crippen LogP contribution in [0.5, 0.6) is 17.2 Å². The number of nitrogens with one attached hydrogen (secondary N) is 1. The molecule has 4 amide bonds. The molecule has 0 spiro atoms. The number of carbonyl (C=O) groups is 3. The third kappa shape index (κ3) is 3.47. The van der Waals surface area contributed by atoms with Crippen LogP contribution in [0, 0.1) is 23.2 Å². The van der Waals surface area contributed by atoms with E-state index in [4.69, 9.17) is 9.47 Å². The fraction of sp³-hybridized carbons (Fsp3) is 0.560. The number of benzene rings is 1. The minimum Gasteiger partial charge on any atom is -0.502 e. The third-order valence-corrected chi connectivity index (χ3v) is 8.31. The number of aromatic hydroxyl groups is 1. The maximum absolute atomic E-state index is 13.5. The first-order chi connectivity index (χ1) is 15.7. The topological polar surface area (TPSA) is 105 Å². The lowest BCUT2D eigenvalue weighted by Crippen LogP contribution is -2.63. The maximum atomic E-state index is 13.5. The molecule has 8 nitrogen and oxygen atoms in total. The lowest BCUT2D eigenvalue weighted by molar-refractivity contribution is -0.139. The van der Waals surface area contributed by atoms with Gasteiger partial charge in [0.15, 0.2) is 11.5 Å². The predicted octanol–water partition coefficient (Wildman–Crippen LogP) is 3.48. The largest absolute Gasteiger partial charge is 0.502 e. The van der Waals surface area contributed by atoms with Crippen LogP contribution in [0.4, 0.5) is 4.79 Å². The lowest BCUT2D eigenvalue weighted by atomic mass is 9.47. The number of nitrogens with zero attached hydrogens (tertiary/aromatic N) is 1. The van der Waals surface area contributed by atoms with E-state index in [2.05, 4.69) is 5.32 Å². The molecule has 4 bridgehead atoms. The summed E-state index contributed by atoms with van der Waals surface area (Å²) in [5.41, 5.74) is 0.246. The Bertz CT molecular complexity index is 1000. The Hall–Kier alpha value is -3.03. The number of phenols is 1. The van der Waals surface area contributed by atoms with Crippen molar-refractivity contribution in [1.82, 2.24) is 10.2 Å². The molecule has 1 heterocycles. The Labute approximate surface area is 192 Å². The van der Waals surface area contributed by atoms with Gasteiger partial charge in [-0.3, -0.25) is 19.8 Å². The van der Waals surface area contributed by atoms with Crippen LogP contribution in [-0.4, -0.2) is 48.1 Å². The van der Waals surface area contributed by atoms with Crippen LogP contribution >= 0.6 is 0 Å². The van der Waals surface area contributed by atoms with Crippen molar-refractivity contribution in [3.8, 4) is 17.2 Å². The number of barbiturate groups is 1. The fourth-order valence-electron chi connectivity index (χ4n) is 7.15. The van der Waals surface area contributed by atoms with Crippen LogP contribution in [0.25, 0.3) is 6.08 Å². The Balaban J connectivity index is 1.48. The zero-order chi connectivity index (χ0) is 23.5. The van der Waals surface area contributed by atoms with Gasteiger partial charge in [0.05, 0.1) is 14.2 Å². The van der Waals surface area contributed by atoms with Crippen LogP contribution in [0.15, 0.2) is 17.7 Å². The molecule has 0 aromatic heterocycles. The van der Waals surface area contributed by atoms with Crippen LogP contribution in [0.3, 0.4) is 0 Å². The van der Waals surface area contributed by atoms with Gasteiger partial charge in [-0.1, -0.05) is 0 Å². The number of hydrogen-bond acceptors (Lipinski definition) is 6. The Kier molecular flexibility index (Phi) is 5.14. The molecule has 4 aliphatic carbocycles. The molecule has 8 heteroatoms. The molecule has 1 aliphatic heterocycles. The first-order valence-electron chi connectivity index (χ1n) is 11.6. The first kappa shape index (κ1) is 21.8. The highest BCUT2D eigenvalue weighted by atomic mass is 16.5. The second-order valence-electron chi connectivity index (χ2n) is 10.2. The number of amides is 4. The molecular weight excluding hydrogens is 424 g/mol. The molecule has 5 aliphatic rings. The molecule has 5 fully saturated rings.